The molecule has 206 valence electrons. The lowest BCUT2D eigenvalue weighted by Crippen LogP contribution is -2.50. The van der Waals surface area contributed by atoms with Gasteiger partial charge in [0.15, 0.2) is 12.4 Å². The number of aromatic nitrogens is 1. The first-order chi connectivity index (χ1) is 18.0. The van der Waals surface area contributed by atoms with Crippen molar-refractivity contribution < 1.29 is 37.5 Å². The van der Waals surface area contributed by atoms with Crippen molar-refractivity contribution in [3.63, 3.8) is 0 Å². The number of piperidine rings is 1. The lowest BCUT2D eigenvalue weighted by atomic mass is 9.90. The first-order valence-corrected chi connectivity index (χ1v) is 12.2. The molecule has 0 bridgehead atoms. The van der Waals surface area contributed by atoms with Crippen LogP contribution in [0.25, 0.3) is 10.9 Å². The summed E-state index contributed by atoms with van der Waals surface area (Å²) in [5, 5.41) is 7.67. The Hall–Kier alpha value is -3.87. The molecule has 11 nitrogen and oxygen atoms in total. The van der Waals surface area contributed by atoms with E-state index in [-0.39, 0.29) is 34.8 Å². The number of rotatable bonds is 11. The van der Waals surface area contributed by atoms with Gasteiger partial charge in [-0.3, -0.25) is 24.0 Å². The Morgan fingerprint density at radius 2 is 1.92 bits per heavy atom. The molecule has 3 atom stereocenters. The summed E-state index contributed by atoms with van der Waals surface area (Å²) in [5.41, 5.74) is 5.57. The molecular weight excluding hydrogens is 504 g/mol. The highest BCUT2D eigenvalue weighted by Gasteiger charge is 2.31. The molecule has 1 aromatic carbocycles. The van der Waals surface area contributed by atoms with Crippen LogP contribution in [-0.2, 0) is 23.9 Å². The minimum Gasteiger partial charge on any atom is -0.456 e. The van der Waals surface area contributed by atoms with Crippen LogP contribution >= 0.6 is 0 Å². The predicted molar refractivity (Wildman–Crippen MR) is 132 cm³/mol. The number of benzene rings is 1. The van der Waals surface area contributed by atoms with E-state index in [9.17, 15) is 32.8 Å². The maximum Gasteiger partial charge on any atom is 0.323 e. The van der Waals surface area contributed by atoms with Gasteiger partial charge in [0, 0.05) is 23.9 Å². The van der Waals surface area contributed by atoms with Crippen molar-refractivity contribution in [2.45, 2.75) is 45.2 Å². The predicted octanol–water partition coefficient (Wildman–Crippen LogP) is 0.673. The van der Waals surface area contributed by atoms with Crippen molar-refractivity contribution in [2.24, 2.45) is 17.6 Å². The van der Waals surface area contributed by atoms with Gasteiger partial charge in [0.2, 0.25) is 11.8 Å². The molecule has 6 N–H and O–H groups in total. The Morgan fingerprint density at radius 1 is 1.18 bits per heavy atom. The van der Waals surface area contributed by atoms with Crippen LogP contribution in [0.1, 0.15) is 43.6 Å². The second-order valence-corrected chi connectivity index (χ2v) is 9.55. The quantitative estimate of drug-likeness (QED) is 0.263. The highest BCUT2D eigenvalue weighted by molar-refractivity contribution is 6.00. The zero-order chi connectivity index (χ0) is 28.0. The molecule has 0 radical (unpaired) electrons. The van der Waals surface area contributed by atoms with Crippen LogP contribution in [0.3, 0.4) is 0 Å². The number of fused-ring (bicyclic) bond motifs is 1. The van der Waals surface area contributed by atoms with Gasteiger partial charge in [0.1, 0.15) is 23.4 Å². The molecule has 1 aliphatic rings. The zero-order valence-corrected chi connectivity index (χ0v) is 21.1. The van der Waals surface area contributed by atoms with Gasteiger partial charge in [-0.2, -0.15) is 0 Å². The molecule has 2 aromatic rings. The van der Waals surface area contributed by atoms with Crippen LogP contribution in [0.5, 0.6) is 0 Å². The van der Waals surface area contributed by atoms with Gasteiger partial charge in [-0.25, -0.2) is 8.78 Å². The minimum absolute atomic E-state index is 0.0228. The number of nitrogens with two attached hydrogens (primary N) is 1. The monoisotopic (exact) mass is 535 g/mol. The molecule has 3 rings (SSSR count). The number of ketones is 1. The topological polar surface area (TPSA) is 172 Å². The van der Waals surface area contributed by atoms with Crippen LogP contribution in [0.15, 0.2) is 18.2 Å². The van der Waals surface area contributed by atoms with E-state index in [4.69, 9.17) is 10.5 Å². The maximum atomic E-state index is 13.9. The van der Waals surface area contributed by atoms with E-state index in [1.807, 2.05) is 0 Å². The van der Waals surface area contributed by atoms with E-state index in [2.05, 4.69) is 20.9 Å². The number of esters is 1. The average Bonchev–Trinajstić information content (AvgIpc) is 3.30. The molecule has 1 aliphatic heterocycles. The molecule has 13 heteroatoms. The summed E-state index contributed by atoms with van der Waals surface area (Å²) >= 11 is 0. The van der Waals surface area contributed by atoms with Crippen molar-refractivity contribution in [1.82, 2.24) is 20.9 Å². The molecule has 0 spiro atoms. The summed E-state index contributed by atoms with van der Waals surface area (Å²) in [6.07, 6.45) is 1.19. The molecule has 3 amide bonds. The van der Waals surface area contributed by atoms with Crippen LogP contribution in [0, 0.1) is 23.5 Å². The molecule has 1 aromatic heterocycles. The average molecular weight is 536 g/mol. The Labute approximate surface area is 217 Å². The van der Waals surface area contributed by atoms with Crippen molar-refractivity contribution in [3.8, 4) is 0 Å². The van der Waals surface area contributed by atoms with E-state index in [1.54, 1.807) is 13.8 Å². The van der Waals surface area contributed by atoms with E-state index >= 15 is 0 Å². The summed E-state index contributed by atoms with van der Waals surface area (Å²) < 4.78 is 32.3. The number of carbonyl (C=O) groups excluding carboxylic acids is 5. The SMILES string of the molecule is CC(C)C(N)C(=O)OCC(=O)[C@H](C[C@@H]1CCCNC1=O)NC(=O)CNC(=O)c1cc2cc(F)cc(F)c2[nH]1. The normalized spacial score (nSPS) is 17.0. The number of Topliss-reactive ketones (excluding diaryl/α,β-unsaturated/α-hetero) is 1. The van der Waals surface area contributed by atoms with Crippen molar-refractivity contribution in [1.29, 1.82) is 0 Å². The lowest BCUT2D eigenvalue weighted by Gasteiger charge is -2.26. The highest BCUT2D eigenvalue weighted by atomic mass is 19.1. The van der Waals surface area contributed by atoms with Crippen LogP contribution in [0.2, 0.25) is 0 Å². The van der Waals surface area contributed by atoms with Gasteiger partial charge < -0.3 is 31.4 Å². The Balaban J connectivity index is 1.62. The summed E-state index contributed by atoms with van der Waals surface area (Å²) in [6.45, 7) is 2.75. The van der Waals surface area contributed by atoms with Gasteiger partial charge in [-0.1, -0.05) is 13.8 Å². The standard InChI is InChI=1S/C25H31F2N5O6/c1-12(2)21(28)25(37)38-11-19(33)17(7-13-4-3-5-29-23(13)35)31-20(34)10-30-24(36)18-8-14-6-15(26)9-16(27)22(14)32-18/h6,8-9,12-13,17,21,32H,3-5,7,10-11,28H2,1-2H3,(H,29,35)(H,30,36)(H,31,34)/t13-,17-,21?/m0/s1. The number of ether oxygens (including phenoxy) is 1. The minimum atomic E-state index is -1.17. The third-order valence-electron chi connectivity index (χ3n) is 6.29. The van der Waals surface area contributed by atoms with Gasteiger partial charge >= 0.3 is 5.97 Å². The molecular formula is C25H31F2N5O6. The fraction of sp³-hybridized carbons (Fsp3) is 0.480. The second kappa shape index (κ2) is 12.6. The van der Waals surface area contributed by atoms with Gasteiger partial charge in [0.25, 0.3) is 5.91 Å². The van der Waals surface area contributed by atoms with Crippen molar-refractivity contribution in [3.05, 3.63) is 35.5 Å². The van der Waals surface area contributed by atoms with E-state index in [0.717, 1.165) is 6.07 Å². The summed E-state index contributed by atoms with van der Waals surface area (Å²) in [5.74, 6) is -5.60. The number of nitrogens with one attached hydrogen (secondary N) is 4. The summed E-state index contributed by atoms with van der Waals surface area (Å²) in [7, 11) is 0. The van der Waals surface area contributed by atoms with Crippen LogP contribution in [0.4, 0.5) is 8.78 Å². The molecule has 38 heavy (non-hydrogen) atoms. The Bertz CT molecular complexity index is 1230. The van der Waals surface area contributed by atoms with Gasteiger partial charge in [-0.15, -0.1) is 0 Å². The third-order valence-corrected chi connectivity index (χ3v) is 6.29. The maximum absolute atomic E-state index is 13.9. The van der Waals surface area contributed by atoms with Gasteiger partial charge in [-0.05, 0) is 37.3 Å². The number of hydrogen-bond donors (Lipinski definition) is 5. The first-order valence-electron chi connectivity index (χ1n) is 12.2. The smallest absolute Gasteiger partial charge is 0.323 e. The molecule has 1 fully saturated rings. The number of aromatic amines is 1. The Kier molecular flexibility index (Phi) is 9.50. The number of halogens is 2. The van der Waals surface area contributed by atoms with Crippen LogP contribution < -0.4 is 21.7 Å². The fourth-order valence-electron chi connectivity index (χ4n) is 4.02. The summed E-state index contributed by atoms with van der Waals surface area (Å²) in [4.78, 5) is 64.7. The summed E-state index contributed by atoms with van der Waals surface area (Å²) in [6, 6.07) is 0.868. The third kappa shape index (κ3) is 7.34. The number of carbonyl (C=O) groups is 5. The highest BCUT2D eigenvalue weighted by Crippen LogP contribution is 2.21. The van der Waals surface area contributed by atoms with Gasteiger partial charge in [0.05, 0.1) is 18.1 Å². The van der Waals surface area contributed by atoms with Crippen molar-refractivity contribution >= 4 is 40.4 Å². The fourth-order valence-corrected chi connectivity index (χ4v) is 4.02. The second-order valence-electron chi connectivity index (χ2n) is 9.55. The zero-order valence-electron chi connectivity index (χ0n) is 21.1. The largest absolute Gasteiger partial charge is 0.456 e. The van der Waals surface area contributed by atoms with E-state index < -0.39 is 66.4 Å². The lowest BCUT2D eigenvalue weighted by molar-refractivity contribution is -0.151. The molecule has 0 saturated carbocycles. The number of H-pyrrole nitrogens is 1. The number of hydrogen-bond acceptors (Lipinski definition) is 7. The Morgan fingerprint density at radius 3 is 2.61 bits per heavy atom. The van der Waals surface area contributed by atoms with Crippen molar-refractivity contribution in [2.75, 3.05) is 19.7 Å². The molecule has 2 heterocycles. The molecule has 1 saturated heterocycles. The molecule has 0 aliphatic carbocycles. The van der Waals surface area contributed by atoms with Crippen LogP contribution in [-0.4, -0.2) is 66.2 Å². The first kappa shape index (κ1) is 28.7. The van der Waals surface area contributed by atoms with E-state index in [0.29, 0.717) is 25.5 Å². The van der Waals surface area contributed by atoms with E-state index in [1.165, 1.54) is 6.07 Å². The number of amides is 3. The molecule has 1 unspecified atom stereocenters.